The summed E-state index contributed by atoms with van der Waals surface area (Å²) in [6.45, 7) is 4.04. The van der Waals surface area contributed by atoms with E-state index in [0.717, 1.165) is 17.0 Å². The number of aromatic nitrogens is 3. The molecule has 0 aliphatic carbocycles. The van der Waals surface area contributed by atoms with Gasteiger partial charge in [-0.2, -0.15) is 0 Å². The normalized spacial score (nSPS) is 11.2. The number of benzene rings is 1. The van der Waals surface area contributed by atoms with Gasteiger partial charge in [-0.15, -0.1) is 5.10 Å². The summed E-state index contributed by atoms with van der Waals surface area (Å²) in [7, 11) is 1.90. The lowest BCUT2D eigenvalue weighted by Gasteiger charge is -1.99. The first-order valence-electron chi connectivity index (χ1n) is 5.32. The molecule has 0 atom stereocenters. The van der Waals surface area contributed by atoms with E-state index >= 15 is 0 Å². The molecule has 0 saturated carbocycles. The molecule has 0 unspecified atom stereocenters. The molecule has 0 bridgehead atoms. The van der Waals surface area contributed by atoms with Gasteiger partial charge in [0, 0.05) is 12.6 Å². The standard InChI is InChI=1S/C13H15N3/c1-4-5-11-6-8-12(9-7-11)13-10(2)16(3)15-14-13/h4-9H,1-3H3/b5-4+. The quantitative estimate of drug-likeness (QED) is 0.768. The largest absolute Gasteiger partial charge is 0.252 e. The Morgan fingerprint density at radius 2 is 1.88 bits per heavy atom. The van der Waals surface area contributed by atoms with Crippen LogP contribution in [0.4, 0.5) is 0 Å². The maximum atomic E-state index is 4.16. The molecule has 0 saturated heterocycles. The average molecular weight is 213 g/mol. The van der Waals surface area contributed by atoms with E-state index in [-0.39, 0.29) is 0 Å². The van der Waals surface area contributed by atoms with Crippen LogP contribution in [0.5, 0.6) is 0 Å². The Bertz CT molecular complexity index is 506. The minimum atomic E-state index is 0.953. The van der Waals surface area contributed by atoms with E-state index in [0.29, 0.717) is 0 Å². The monoisotopic (exact) mass is 213 g/mol. The van der Waals surface area contributed by atoms with Crippen LogP contribution in [0, 0.1) is 6.92 Å². The van der Waals surface area contributed by atoms with Gasteiger partial charge >= 0.3 is 0 Å². The second kappa shape index (κ2) is 4.31. The summed E-state index contributed by atoms with van der Waals surface area (Å²) in [5.41, 5.74) is 4.35. The topological polar surface area (TPSA) is 30.7 Å². The predicted octanol–water partition coefficient (Wildman–Crippen LogP) is 2.82. The smallest absolute Gasteiger partial charge is 0.115 e. The molecule has 0 amide bonds. The second-order valence-electron chi connectivity index (χ2n) is 3.77. The van der Waals surface area contributed by atoms with E-state index in [2.05, 4.69) is 40.7 Å². The third-order valence-electron chi connectivity index (χ3n) is 2.65. The van der Waals surface area contributed by atoms with Crippen molar-refractivity contribution in [3.05, 3.63) is 41.6 Å². The maximum Gasteiger partial charge on any atom is 0.115 e. The van der Waals surface area contributed by atoms with Crippen LogP contribution in [-0.4, -0.2) is 15.0 Å². The summed E-state index contributed by atoms with van der Waals surface area (Å²) in [5.74, 6) is 0. The minimum Gasteiger partial charge on any atom is -0.252 e. The van der Waals surface area contributed by atoms with Gasteiger partial charge in [-0.1, -0.05) is 41.6 Å². The summed E-state index contributed by atoms with van der Waals surface area (Å²) in [4.78, 5) is 0. The van der Waals surface area contributed by atoms with Crippen molar-refractivity contribution in [2.24, 2.45) is 7.05 Å². The molecule has 82 valence electrons. The summed E-state index contributed by atoms with van der Waals surface area (Å²) in [6, 6.07) is 8.32. The molecule has 16 heavy (non-hydrogen) atoms. The highest BCUT2D eigenvalue weighted by Crippen LogP contribution is 2.20. The molecule has 0 aliphatic heterocycles. The van der Waals surface area contributed by atoms with Crippen molar-refractivity contribution in [1.82, 2.24) is 15.0 Å². The van der Waals surface area contributed by atoms with E-state index in [4.69, 9.17) is 0 Å². The summed E-state index contributed by atoms with van der Waals surface area (Å²) >= 11 is 0. The Morgan fingerprint density at radius 1 is 1.19 bits per heavy atom. The molecule has 0 fully saturated rings. The number of rotatable bonds is 2. The zero-order chi connectivity index (χ0) is 11.5. The molecular weight excluding hydrogens is 198 g/mol. The number of nitrogens with zero attached hydrogens (tertiary/aromatic N) is 3. The Kier molecular flexibility index (Phi) is 2.86. The lowest BCUT2D eigenvalue weighted by Crippen LogP contribution is -1.92. The zero-order valence-electron chi connectivity index (χ0n) is 9.81. The van der Waals surface area contributed by atoms with Gasteiger partial charge in [0.15, 0.2) is 0 Å². The molecule has 0 spiro atoms. The van der Waals surface area contributed by atoms with Gasteiger partial charge in [-0.3, -0.25) is 4.68 Å². The van der Waals surface area contributed by atoms with Gasteiger partial charge in [-0.05, 0) is 19.4 Å². The fourth-order valence-corrected chi connectivity index (χ4v) is 1.62. The van der Waals surface area contributed by atoms with Gasteiger partial charge in [-0.25, -0.2) is 0 Å². The van der Waals surface area contributed by atoms with E-state index in [1.165, 1.54) is 5.56 Å². The molecule has 0 aliphatic rings. The number of aryl methyl sites for hydroxylation is 1. The first-order valence-corrected chi connectivity index (χ1v) is 5.32. The van der Waals surface area contributed by atoms with E-state index in [1.54, 1.807) is 4.68 Å². The minimum absolute atomic E-state index is 0.953. The SMILES string of the molecule is C/C=C/c1ccc(-c2nnn(C)c2C)cc1. The Balaban J connectivity index is 2.38. The highest BCUT2D eigenvalue weighted by molar-refractivity contribution is 5.63. The van der Waals surface area contributed by atoms with Crippen LogP contribution in [-0.2, 0) is 7.05 Å². The molecule has 1 aromatic heterocycles. The molecule has 2 rings (SSSR count). The van der Waals surface area contributed by atoms with E-state index in [1.807, 2.05) is 27.0 Å². The number of allylic oxidation sites excluding steroid dienone is 1. The van der Waals surface area contributed by atoms with Crippen LogP contribution in [0.2, 0.25) is 0 Å². The van der Waals surface area contributed by atoms with Crippen LogP contribution in [0.1, 0.15) is 18.2 Å². The molecular formula is C13H15N3. The van der Waals surface area contributed by atoms with Crippen LogP contribution in [0.3, 0.4) is 0 Å². The van der Waals surface area contributed by atoms with Gasteiger partial charge in [0.1, 0.15) is 5.69 Å². The Hall–Kier alpha value is -1.90. The number of hydrogen-bond donors (Lipinski definition) is 0. The summed E-state index contributed by atoms with van der Waals surface area (Å²) in [6.07, 6.45) is 4.11. The van der Waals surface area contributed by atoms with Crippen LogP contribution < -0.4 is 0 Å². The first kappa shape index (κ1) is 10.6. The van der Waals surface area contributed by atoms with Crippen LogP contribution in [0.15, 0.2) is 30.3 Å². The lowest BCUT2D eigenvalue weighted by atomic mass is 10.1. The van der Waals surface area contributed by atoms with Crippen LogP contribution >= 0.6 is 0 Å². The highest BCUT2D eigenvalue weighted by Gasteiger charge is 2.07. The maximum absolute atomic E-state index is 4.16. The van der Waals surface area contributed by atoms with Crippen molar-refractivity contribution >= 4 is 6.08 Å². The van der Waals surface area contributed by atoms with Gasteiger partial charge in [0.25, 0.3) is 0 Å². The van der Waals surface area contributed by atoms with Crippen molar-refractivity contribution in [2.45, 2.75) is 13.8 Å². The fraction of sp³-hybridized carbons (Fsp3) is 0.231. The van der Waals surface area contributed by atoms with Gasteiger partial charge in [0.05, 0.1) is 5.69 Å². The second-order valence-corrected chi connectivity index (χ2v) is 3.77. The van der Waals surface area contributed by atoms with Crippen molar-refractivity contribution in [3.8, 4) is 11.3 Å². The first-order chi connectivity index (χ1) is 7.72. The highest BCUT2D eigenvalue weighted by atomic mass is 15.4. The molecule has 0 radical (unpaired) electrons. The average Bonchev–Trinajstić information content (AvgIpc) is 2.62. The van der Waals surface area contributed by atoms with E-state index in [9.17, 15) is 0 Å². The molecule has 1 heterocycles. The molecule has 0 N–H and O–H groups in total. The van der Waals surface area contributed by atoms with Crippen LogP contribution in [0.25, 0.3) is 17.3 Å². The van der Waals surface area contributed by atoms with Crippen molar-refractivity contribution in [3.63, 3.8) is 0 Å². The molecule has 3 heteroatoms. The van der Waals surface area contributed by atoms with Gasteiger partial charge < -0.3 is 0 Å². The summed E-state index contributed by atoms with van der Waals surface area (Å²) in [5, 5.41) is 8.16. The fourth-order valence-electron chi connectivity index (χ4n) is 1.62. The molecule has 3 nitrogen and oxygen atoms in total. The van der Waals surface area contributed by atoms with Crippen molar-refractivity contribution in [1.29, 1.82) is 0 Å². The lowest BCUT2D eigenvalue weighted by molar-refractivity contribution is 0.696. The third-order valence-corrected chi connectivity index (χ3v) is 2.65. The Labute approximate surface area is 95.4 Å². The Morgan fingerprint density at radius 3 is 2.38 bits per heavy atom. The molecule has 1 aromatic carbocycles. The van der Waals surface area contributed by atoms with Gasteiger partial charge in [0.2, 0.25) is 0 Å². The van der Waals surface area contributed by atoms with Crippen molar-refractivity contribution in [2.75, 3.05) is 0 Å². The zero-order valence-corrected chi connectivity index (χ0v) is 9.81. The van der Waals surface area contributed by atoms with Crippen molar-refractivity contribution < 1.29 is 0 Å². The summed E-state index contributed by atoms with van der Waals surface area (Å²) < 4.78 is 1.79. The van der Waals surface area contributed by atoms with E-state index < -0.39 is 0 Å². The third kappa shape index (κ3) is 1.89. The molecule has 2 aromatic rings. The number of hydrogen-bond acceptors (Lipinski definition) is 2. The predicted molar refractivity (Wildman–Crippen MR) is 65.9 cm³/mol.